The average Bonchev–Trinajstić information content (AvgIpc) is 1.07. The number of hydrogen-bond acceptors (Lipinski definition) is 22. The molecule has 0 unspecified atom stereocenters. The molecular weight excluding hydrogens is 1430 g/mol. The van der Waals surface area contributed by atoms with Gasteiger partial charge in [0, 0.05) is 35.2 Å². The Morgan fingerprint density at radius 2 is 0.588 bits per heavy atom. The van der Waals surface area contributed by atoms with Crippen molar-refractivity contribution in [3.63, 3.8) is 0 Å². The lowest BCUT2D eigenvalue weighted by molar-refractivity contribution is 0.540. The Kier molecular flexibility index (Phi) is 32.8. The number of furan rings is 1. The van der Waals surface area contributed by atoms with Crippen molar-refractivity contribution < 1.29 is 4.42 Å². The lowest BCUT2D eigenvalue weighted by Crippen LogP contribution is -1.82. The molecule has 15 aromatic rings. The zero-order valence-electron chi connectivity index (χ0n) is 66.5. The molecule has 0 saturated carbocycles. The van der Waals surface area contributed by atoms with Crippen LogP contribution in [0.5, 0.6) is 0 Å². The van der Waals surface area contributed by atoms with E-state index < -0.39 is 0 Å². The molecule has 0 atom stereocenters. The van der Waals surface area contributed by atoms with E-state index in [1.165, 1.54) is 60.2 Å². The molecule has 0 saturated heterocycles. The summed E-state index contributed by atoms with van der Waals surface area (Å²) in [7, 11) is 0. The Bertz CT molecular complexity index is 4960. The Morgan fingerprint density at radius 1 is 0.228 bits per heavy atom. The summed E-state index contributed by atoms with van der Waals surface area (Å²) < 4.78 is 5.27. The Hall–Kier alpha value is -14.1. The molecule has 9 aromatic carbocycles. The summed E-state index contributed by atoms with van der Waals surface area (Å²) in [5.74, 6) is 3.12. The fraction of sp³-hybridized carbons (Fsp3) is 0.152. The van der Waals surface area contributed by atoms with Gasteiger partial charge in [-0.1, -0.05) is 160 Å². The number of aromatic nitrogens is 6. The van der Waals surface area contributed by atoms with Crippen molar-refractivity contribution in [3.05, 3.63) is 370 Å². The van der Waals surface area contributed by atoms with Crippen molar-refractivity contribution in [2.75, 3.05) is 0 Å². The highest BCUT2D eigenvalue weighted by Gasteiger charge is 2.02. The molecule has 0 aliphatic rings. The van der Waals surface area contributed by atoms with Crippen LogP contribution >= 0.6 is 11.3 Å². The molecule has 0 radical (unpaired) electrons. The van der Waals surface area contributed by atoms with E-state index in [9.17, 15) is 0 Å². The van der Waals surface area contributed by atoms with Gasteiger partial charge in [0.15, 0.2) is 5.82 Å². The number of benzene rings is 9. The third-order valence-corrected chi connectivity index (χ3v) is 16.8. The van der Waals surface area contributed by atoms with Gasteiger partial charge in [0.25, 0.3) is 5.95 Å². The highest BCUT2D eigenvalue weighted by atomic mass is 32.1. The summed E-state index contributed by atoms with van der Waals surface area (Å²) in [4.78, 5) is 25.7. The van der Waals surface area contributed by atoms with Crippen LogP contribution in [0.1, 0.15) is 77.8 Å². The fourth-order valence-electron chi connectivity index (χ4n) is 9.33. The molecule has 6 aromatic heterocycles. The minimum Gasteiger partial charge on any atom is -0.442 e. The Balaban J connectivity index is 0.000000153. The van der Waals surface area contributed by atoms with Crippen LogP contribution in [-0.4, -0.2) is 29.9 Å². The average molecular weight is 1520 g/mol. The maximum absolute atomic E-state index is 5.27. The van der Waals surface area contributed by atoms with E-state index >= 15 is 0 Å². The van der Waals surface area contributed by atoms with Crippen LogP contribution in [-0.2, 0) is 0 Å². The maximum atomic E-state index is 5.27. The molecule has 22 heteroatoms. The van der Waals surface area contributed by atoms with Crippen molar-refractivity contribution in [3.8, 4) is 0 Å². The Morgan fingerprint density at radius 3 is 1.01 bits per heavy atom. The predicted molar refractivity (Wildman–Crippen MR) is 460 cm³/mol. The SMILES string of the molecule is Cc1ccc(N=Nc2ccc(C)cn2)cc1.Cc1ccc(N=Nc2ccc(C)nc2)cc1.Cc1ccc(N=Nc2ccc(C)o2)cc1.Cc1ccc(N=Nc2ccc(C)s2)cc1.Cc1ccc(N=Nc2ccc3cc(C)ccc3c2)cc1.Cc1ccc(N=Nc2cnc(C)nc2)cc1.Cc1ccc(N=Nc2ncc(C)cn2)cc1. The third kappa shape index (κ3) is 31.5. The number of thiophene rings is 1. The van der Waals surface area contributed by atoms with Gasteiger partial charge in [0.05, 0.1) is 64.1 Å². The van der Waals surface area contributed by atoms with Gasteiger partial charge in [-0.3, -0.25) is 4.98 Å². The topological polar surface area (TPSA) is 264 Å². The van der Waals surface area contributed by atoms with Gasteiger partial charge in [0.1, 0.15) is 28.0 Å². The zero-order chi connectivity index (χ0) is 80.8. The predicted octanol–water partition coefficient (Wildman–Crippen LogP) is 30.2. The smallest absolute Gasteiger partial charge is 0.268 e. The second-order valence-electron chi connectivity index (χ2n) is 26.5. The monoisotopic (exact) mass is 1520 g/mol. The summed E-state index contributed by atoms with van der Waals surface area (Å²) >= 11 is 1.65. The van der Waals surface area contributed by atoms with Crippen molar-refractivity contribution >= 4 is 102 Å². The van der Waals surface area contributed by atoms with Gasteiger partial charge in [-0.15, -0.1) is 62.5 Å². The third-order valence-electron chi connectivity index (χ3n) is 15.9. The van der Waals surface area contributed by atoms with Gasteiger partial charge in [0.2, 0.25) is 5.88 Å². The summed E-state index contributed by atoms with van der Waals surface area (Å²) in [5, 5.41) is 60.9. The normalized spacial score (nSPS) is 11.0. The van der Waals surface area contributed by atoms with Crippen LogP contribution in [0.3, 0.4) is 0 Å². The van der Waals surface area contributed by atoms with Crippen molar-refractivity contribution in [1.29, 1.82) is 0 Å². The van der Waals surface area contributed by atoms with Crippen molar-refractivity contribution in [2.45, 2.75) is 96.9 Å². The minimum absolute atomic E-state index is 0.381. The first-order chi connectivity index (χ1) is 55.1. The molecule has 6 heterocycles. The van der Waals surface area contributed by atoms with Gasteiger partial charge in [-0.2, -0.15) is 20.5 Å². The van der Waals surface area contributed by atoms with E-state index in [1.807, 2.05) is 288 Å². The minimum atomic E-state index is 0.381. The van der Waals surface area contributed by atoms with Crippen LogP contribution in [0.2, 0.25) is 0 Å². The quantitative estimate of drug-likeness (QED) is 0.0949. The second-order valence-corrected chi connectivity index (χ2v) is 27.7. The summed E-state index contributed by atoms with van der Waals surface area (Å²) in [5.41, 5.74) is 21.1. The number of aryl methyl sites for hydroxylation is 14. The number of azo groups is 7. The number of rotatable bonds is 14. The zero-order valence-corrected chi connectivity index (χ0v) is 67.3. The summed E-state index contributed by atoms with van der Waals surface area (Å²) in [6.07, 6.45) is 10.2. The molecule has 15 rings (SSSR count). The first kappa shape index (κ1) is 83.9. The number of pyridine rings is 2. The van der Waals surface area contributed by atoms with E-state index in [0.29, 0.717) is 23.3 Å². The number of nitrogens with zero attached hydrogens (tertiary/aromatic N) is 20. The van der Waals surface area contributed by atoms with Crippen LogP contribution in [0.4, 0.5) is 79.5 Å². The van der Waals surface area contributed by atoms with E-state index in [4.69, 9.17) is 4.42 Å². The van der Waals surface area contributed by atoms with Crippen molar-refractivity contribution in [2.24, 2.45) is 71.6 Å². The van der Waals surface area contributed by atoms with E-state index in [2.05, 4.69) is 160 Å². The molecule has 0 amide bonds. The highest BCUT2D eigenvalue weighted by Crippen LogP contribution is 2.29. The lowest BCUT2D eigenvalue weighted by Gasteiger charge is -2.00. The molecule has 114 heavy (non-hydrogen) atoms. The van der Waals surface area contributed by atoms with Gasteiger partial charge in [-0.05, 0) is 252 Å². The molecule has 0 spiro atoms. The molecule has 570 valence electrons. The largest absolute Gasteiger partial charge is 0.442 e. The molecule has 21 nitrogen and oxygen atoms in total. The van der Waals surface area contributed by atoms with Gasteiger partial charge < -0.3 is 4.42 Å². The molecule has 0 bridgehead atoms. The standard InChI is InChI=1S/C18H16N2.2C13H13N3.2C12H12N4.C12H12N2O.C12H12N2S/c1-13-4-8-17(9-5-13)19-20-18-10-7-15-11-14(2)3-6-16(15)12-18;1-10-3-6-12(7-4-10)15-16-13-8-5-11(2)14-9-13;1-10-3-6-12(7-4-10)15-16-13-8-5-11(2)9-14-13;1-9-3-5-11(6-4-9)15-16-12-7-13-10(2)14-8-12;1-9-3-5-11(6-4-9)15-16-12-13-7-10(2)8-14-12;2*1-9-3-6-11(7-4-9)13-14-12-8-5-10(2)15-12/h3-12H,1-2H3;2*3-9H,1-2H3;2*3-8H,1-2H3;2*3-8H,1-2H3. The van der Waals surface area contributed by atoms with Crippen LogP contribution in [0.25, 0.3) is 10.8 Å². The van der Waals surface area contributed by atoms with Gasteiger partial charge in [-0.25, -0.2) is 24.9 Å². The first-order valence-electron chi connectivity index (χ1n) is 36.6. The summed E-state index contributed by atoms with van der Waals surface area (Å²) in [6, 6.07) is 83.3. The molecular formula is C92H90N20OS. The molecule has 0 aliphatic heterocycles. The first-order valence-corrected chi connectivity index (χ1v) is 37.4. The van der Waals surface area contributed by atoms with Crippen LogP contribution < -0.4 is 0 Å². The molecule has 0 fully saturated rings. The molecule has 0 aliphatic carbocycles. The maximum Gasteiger partial charge on any atom is 0.268 e. The van der Waals surface area contributed by atoms with E-state index in [-0.39, 0.29) is 0 Å². The summed E-state index contributed by atoms with van der Waals surface area (Å²) in [6.45, 7) is 28.1. The fourth-order valence-corrected chi connectivity index (χ4v) is 10.0. The lowest BCUT2D eigenvalue weighted by atomic mass is 10.1. The van der Waals surface area contributed by atoms with Crippen molar-refractivity contribution in [1.82, 2.24) is 29.9 Å². The Labute approximate surface area is 670 Å². The van der Waals surface area contributed by atoms with E-state index in [0.717, 1.165) is 84.6 Å². The van der Waals surface area contributed by atoms with Crippen LogP contribution in [0, 0.1) is 96.9 Å². The van der Waals surface area contributed by atoms with Gasteiger partial charge >= 0.3 is 0 Å². The number of hydrogen-bond donors (Lipinski definition) is 0. The van der Waals surface area contributed by atoms with E-state index in [1.54, 1.807) is 54.6 Å². The van der Waals surface area contributed by atoms with Crippen LogP contribution in [0.15, 0.2) is 368 Å². The molecule has 0 N–H and O–H groups in total. The highest BCUT2D eigenvalue weighted by molar-refractivity contribution is 7.15. The number of fused-ring (bicyclic) bond motifs is 1. The second kappa shape index (κ2) is 44.5.